The molecule has 0 bridgehead atoms. The van der Waals surface area contributed by atoms with Crippen LogP contribution in [-0.2, 0) is 14.3 Å². The van der Waals surface area contributed by atoms with Crippen molar-refractivity contribution in [3.05, 3.63) is 24.3 Å². The third kappa shape index (κ3) is 67.5. The van der Waals surface area contributed by atoms with Crippen molar-refractivity contribution in [1.29, 1.82) is 0 Å². The van der Waals surface area contributed by atoms with E-state index in [2.05, 4.69) is 43.5 Å². The number of rotatable bonds is 71. The molecule has 2 unspecified atom stereocenters. The summed E-state index contributed by atoms with van der Waals surface area (Å²) in [7, 11) is 0. The molecule has 3 N–H and O–H groups in total. The molecule has 0 aliphatic heterocycles. The molecule has 0 saturated carbocycles. The van der Waals surface area contributed by atoms with E-state index in [4.69, 9.17) is 4.74 Å². The van der Waals surface area contributed by atoms with Crippen molar-refractivity contribution in [3.8, 4) is 0 Å². The number of unbranched alkanes of at least 4 members (excludes halogenated alkanes) is 56. The molecule has 1 amide bonds. The lowest BCUT2D eigenvalue weighted by Gasteiger charge is -2.22. The Balaban J connectivity index is 3.32. The van der Waals surface area contributed by atoms with Gasteiger partial charge in [-0.05, 0) is 57.8 Å². The van der Waals surface area contributed by atoms with Gasteiger partial charge in [-0.3, -0.25) is 9.59 Å². The van der Waals surface area contributed by atoms with Crippen molar-refractivity contribution in [2.24, 2.45) is 0 Å². The summed E-state index contributed by atoms with van der Waals surface area (Å²) >= 11 is 0. The van der Waals surface area contributed by atoms with Crippen molar-refractivity contribution in [2.45, 2.75) is 437 Å². The number of esters is 1. The van der Waals surface area contributed by atoms with E-state index in [1.165, 1.54) is 340 Å². The first-order valence-corrected chi connectivity index (χ1v) is 37.6. The summed E-state index contributed by atoms with van der Waals surface area (Å²) in [6.07, 6.45) is 91.0. The van der Waals surface area contributed by atoms with Gasteiger partial charge < -0.3 is 20.3 Å². The quantitative estimate of drug-likeness (QED) is 0.0320. The van der Waals surface area contributed by atoms with E-state index >= 15 is 0 Å². The number of hydrogen-bond acceptors (Lipinski definition) is 5. The second-order valence-corrected chi connectivity index (χ2v) is 26.0. The van der Waals surface area contributed by atoms with E-state index < -0.39 is 12.1 Å². The monoisotopic (exact) mass is 1150 g/mol. The number of ether oxygens (including phenoxy) is 1. The molecule has 0 aromatic carbocycles. The highest BCUT2D eigenvalue weighted by Gasteiger charge is 2.20. The predicted octanol–water partition coefficient (Wildman–Crippen LogP) is 24.5. The van der Waals surface area contributed by atoms with Crippen molar-refractivity contribution in [2.75, 3.05) is 13.2 Å². The Labute approximate surface area is 513 Å². The third-order valence-corrected chi connectivity index (χ3v) is 17.8. The minimum atomic E-state index is -0.662. The minimum Gasteiger partial charge on any atom is -0.466 e. The first-order valence-electron chi connectivity index (χ1n) is 37.6. The normalized spacial score (nSPS) is 12.6. The number of hydrogen-bond donors (Lipinski definition) is 3. The highest BCUT2D eigenvalue weighted by molar-refractivity contribution is 5.76. The first kappa shape index (κ1) is 80.3. The summed E-state index contributed by atoms with van der Waals surface area (Å²) in [5.74, 6) is -0.0108. The van der Waals surface area contributed by atoms with Crippen molar-refractivity contribution in [1.82, 2.24) is 5.32 Å². The van der Waals surface area contributed by atoms with Gasteiger partial charge in [-0.15, -0.1) is 0 Å². The lowest BCUT2D eigenvalue weighted by molar-refractivity contribution is -0.143. The third-order valence-electron chi connectivity index (χ3n) is 17.8. The van der Waals surface area contributed by atoms with Crippen LogP contribution < -0.4 is 5.32 Å². The molecule has 0 aliphatic carbocycles. The highest BCUT2D eigenvalue weighted by Crippen LogP contribution is 2.20. The lowest BCUT2D eigenvalue weighted by Crippen LogP contribution is -2.45. The summed E-state index contributed by atoms with van der Waals surface area (Å²) in [6, 6.07) is -0.539. The molecule has 0 aromatic heterocycles. The van der Waals surface area contributed by atoms with Gasteiger partial charge in [0.25, 0.3) is 0 Å². The zero-order chi connectivity index (χ0) is 59.2. The average Bonchev–Trinajstić information content (AvgIpc) is 3.48. The maximum Gasteiger partial charge on any atom is 0.305 e. The van der Waals surface area contributed by atoms with E-state index in [1.807, 2.05) is 0 Å². The van der Waals surface area contributed by atoms with E-state index in [0.29, 0.717) is 25.9 Å². The van der Waals surface area contributed by atoms with Crippen LogP contribution >= 0.6 is 0 Å². The summed E-state index contributed by atoms with van der Waals surface area (Å²) in [6.45, 7) is 4.97. The second-order valence-electron chi connectivity index (χ2n) is 26.0. The molecule has 2 atom stereocenters. The Hall–Kier alpha value is -1.66. The van der Waals surface area contributed by atoms with Crippen LogP contribution in [0.4, 0.5) is 0 Å². The topological polar surface area (TPSA) is 95.9 Å². The molecule has 82 heavy (non-hydrogen) atoms. The van der Waals surface area contributed by atoms with Gasteiger partial charge in [0.1, 0.15) is 0 Å². The van der Waals surface area contributed by atoms with Crippen LogP contribution in [0.5, 0.6) is 0 Å². The highest BCUT2D eigenvalue weighted by atomic mass is 16.5. The van der Waals surface area contributed by atoms with Crippen LogP contribution in [-0.4, -0.2) is 47.4 Å². The molecule has 6 nitrogen and oxygen atoms in total. The number of aliphatic hydroxyl groups excluding tert-OH is 2. The number of nitrogens with one attached hydrogen (secondary N) is 1. The largest absolute Gasteiger partial charge is 0.466 e. The maximum atomic E-state index is 12.5. The molecule has 0 heterocycles. The van der Waals surface area contributed by atoms with Crippen molar-refractivity contribution in [3.63, 3.8) is 0 Å². The Morgan fingerprint density at radius 3 is 0.951 bits per heavy atom. The fourth-order valence-corrected chi connectivity index (χ4v) is 12.0. The summed E-state index contributed by atoms with van der Waals surface area (Å²) in [5, 5.41) is 23.4. The molecule has 0 radical (unpaired) electrons. The van der Waals surface area contributed by atoms with Gasteiger partial charge in [-0.2, -0.15) is 0 Å². The minimum absolute atomic E-state index is 0.0166. The van der Waals surface area contributed by atoms with Gasteiger partial charge in [0.2, 0.25) is 5.91 Å². The van der Waals surface area contributed by atoms with Crippen LogP contribution in [0.1, 0.15) is 425 Å². The summed E-state index contributed by atoms with van der Waals surface area (Å²) < 4.78 is 5.51. The molecule has 486 valence electrons. The number of carbonyl (C=O) groups excluding carboxylic acids is 2. The van der Waals surface area contributed by atoms with E-state index in [9.17, 15) is 19.8 Å². The fourth-order valence-electron chi connectivity index (χ4n) is 12.0. The lowest BCUT2D eigenvalue weighted by atomic mass is 10.0. The van der Waals surface area contributed by atoms with Gasteiger partial charge in [0.05, 0.1) is 25.4 Å². The van der Waals surface area contributed by atoms with E-state index in [-0.39, 0.29) is 18.5 Å². The van der Waals surface area contributed by atoms with Gasteiger partial charge in [0.15, 0.2) is 0 Å². The molecule has 0 fully saturated rings. The molecule has 0 aromatic rings. The molecular weight excluding hydrogens is 1010 g/mol. The molecule has 6 heteroatoms. The molecule has 0 saturated heterocycles. The smallest absolute Gasteiger partial charge is 0.305 e. The maximum absolute atomic E-state index is 12.5. The van der Waals surface area contributed by atoms with Gasteiger partial charge in [-0.1, -0.05) is 378 Å². The van der Waals surface area contributed by atoms with Crippen LogP contribution in [0.15, 0.2) is 24.3 Å². The number of carbonyl (C=O) groups is 2. The number of allylic oxidation sites excluding steroid dienone is 4. The number of amides is 1. The van der Waals surface area contributed by atoms with Gasteiger partial charge in [0, 0.05) is 12.8 Å². The number of aliphatic hydroxyl groups is 2. The molecule has 0 spiro atoms. The second kappa shape index (κ2) is 71.8. The SMILES string of the molecule is CCCCC/C=C\C/C=C\CCCCCCCCCCCC(=O)OCCCCCCCCCCCCCCCCCCCCCCCCCCCCCCCC(=O)NC(CO)C(O)CCCCCCCCCCCCCCCCCCC. The zero-order valence-corrected chi connectivity index (χ0v) is 55.8. The van der Waals surface area contributed by atoms with Gasteiger partial charge >= 0.3 is 5.97 Å². The molecule has 0 rings (SSSR count). The first-order chi connectivity index (χ1) is 40.5. The van der Waals surface area contributed by atoms with Crippen LogP contribution in [0.3, 0.4) is 0 Å². The van der Waals surface area contributed by atoms with Gasteiger partial charge in [-0.25, -0.2) is 0 Å². The Bertz CT molecular complexity index is 1280. The van der Waals surface area contributed by atoms with Crippen molar-refractivity contribution >= 4 is 11.9 Å². The molecule has 0 aliphatic rings. The van der Waals surface area contributed by atoms with Crippen LogP contribution in [0, 0.1) is 0 Å². The van der Waals surface area contributed by atoms with Crippen LogP contribution in [0.25, 0.3) is 0 Å². The Kier molecular flexibility index (Phi) is 70.4. The standard InChI is InChI=1S/C76H147NO5/c1-3-5-7-9-11-13-15-17-19-21-33-38-42-46-50-54-58-62-66-70-76(81)82-71-67-63-59-55-51-47-43-39-35-32-30-28-26-24-22-23-25-27-29-31-34-37-41-45-49-53-57-61-65-69-75(80)77-73(72-78)74(79)68-64-60-56-52-48-44-40-36-20-18-16-14-12-10-8-6-4-2/h11,13,17,19,73-74,78-79H,3-10,12,14-16,18,20-72H2,1-2H3,(H,77,80)/b13-11-,19-17-. The van der Waals surface area contributed by atoms with Crippen LogP contribution in [0.2, 0.25) is 0 Å². The summed E-state index contributed by atoms with van der Waals surface area (Å²) in [4.78, 5) is 24.7. The Morgan fingerprint density at radius 2 is 0.610 bits per heavy atom. The Morgan fingerprint density at radius 1 is 0.341 bits per heavy atom. The fraction of sp³-hybridized carbons (Fsp3) is 0.921. The molecular formula is C76H147NO5. The average molecular weight is 1160 g/mol. The predicted molar refractivity (Wildman–Crippen MR) is 361 cm³/mol. The van der Waals surface area contributed by atoms with E-state index in [0.717, 1.165) is 51.4 Å². The summed E-state index contributed by atoms with van der Waals surface area (Å²) in [5.41, 5.74) is 0. The van der Waals surface area contributed by atoms with E-state index in [1.54, 1.807) is 0 Å². The zero-order valence-electron chi connectivity index (χ0n) is 55.8. The van der Waals surface area contributed by atoms with Crippen molar-refractivity contribution < 1.29 is 24.5 Å².